The van der Waals surface area contributed by atoms with Gasteiger partial charge in [0, 0.05) is 24.4 Å². The number of ether oxygens (including phenoxy) is 2. The van der Waals surface area contributed by atoms with E-state index < -0.39 is 0 Å². The molecule has 17 heavy (non-hydrogen) atoms. The summed E-state index contributed by atoms with van der Waals surface area (Å²) in [6, 6.07) is 3.36. The van der Waals surface area contributed by atoms with Gasteiger partial charge < -0.3 is 15.2 Å². The summed E-state index contributed by atoms with van der Waals surface area (Å²) in [7, 11) is 0. The monoisotopic (exact) mass is 235 g/mol. The fourth-order valence-corrected chi connectivity index (χ4v) is 1.77. The predicted molar refractivity (Wildman–Crippen MR) is 64.3 cm³/mol. The van der Waals surface area contributed by atoms with Crippen LogP contribution in [0.2, 0.25) is 0 Å². The van der Waals surface area contributed by atoms with Crippen LogP contribution in [0, 0.1) is 5.41 Å². The summed E-state index contributed by atoms with van der Waals surface area (Å²) in [4.78, 5) is 4.08. The maximum Gasteiger partial charge on any atom is 0.213 e. The number of nitrogen functional groups attached to an aromatic ring is 1. The quantitative estimate of drug-likeness (QED) is 0.609. The number of rotatable bonds is 4. The topological polar surface area (TPSA) is 81.2 Å². The van der Waals surface area contributed by atoms with Crippen LogP contribution in [0.4, 0.5) is 0 Å². The molecular weight excluding hydrogens is 218 g/mol. The molecule has 0 aromatic carbocycles. The van der Waals surface area contributed by atoms with E-state index in [4.69, 9.17) is 20.6 Å². The summed E-state index contributed by atoms with van der Waals surface area (Å²) in [5, 5.41) is 7.33. The van der Waals surface area contributed by atoms with Crippen LogP contribution in [-0.4, -0.2) is 30.1 Å². The van der Waals surface area contributed by atoms with Crippen molar-refractivity contribution in [3.63, 3.8) is 0 Å². The molecule has 0 bridgehead atoms. The standard InChI is InChI=1S/C12H17N3O2/c13-12(14)9-4-5-15-11(7-9)17-8-10-3-1-2-6-16-10/h4-5,7,10H,1-3,6,8H2,(H3,13,14). The van der Waals surface area contributed by atoms with Crippen molar-refractivity contribution in [3.8, 4) is 5.88 Å². The molecule has 1 aliphatic heterocycles. The van der Waals surface area contributed by atoms with Crippen molar-refractivity contribution in [1.82, 2.24) is 4.98 Å². The average Bonchev–Trinajstić information content (AvgIpc) is 2.38. The van der Waals surface area contributed by atoms with Crippen LogP contribution in [-0.2, 0) is 4.74 Å². The summed E-state index contributed by atoms with van der Waals surface area (Å²) < 4.78 is 11.1. The smallest absolute Gasteiger partial charge is 0.213 e. The number of nitrogens with two attached hydrogens (primary N) is 1. The second-order valence-electron chi connectivity index (χ2n) is 4.10. The van der Waals surface area contributed by atoms with Gasteiger partial charge in [0.1, 0.15) is 12.4 Å². The van der Waals surface area contributed by atoms with Gasteiger partial charge in [-0.1, -0.05) is 0 Å². The zero-order valence-electron chi connectivity index (χ0n) is 9.69. The van der Waals surface area contributed by atoms with Gasteiger partial charge in [0.2, 0.25) is 5.88 Å². The third-order valence-corrected chi connectivity index (χ3v) is 2.74. The fraction of sp³-hybridized carbons (Fsp3) is 0.500. The Bertz CT molecular complexity index is 389. The van der Waals surface area contributed by atoms with Crippen molar-refractivity contribution < 1.29 is 9.47 Å². The van der Waals surface area contributed by atoms with E-state index >= 15 is 0 Å². The average molecular weight is 235 g/mol. The molecule has 0 spiro atoms. The Labute approximate surface area is 100 Å². The molecule has 3 N–H and O–H groups in total. The molecule has 5 nitrogen and oxygen atoms in total. The highest BCUT2D eigenvalue weighted by atomic mass is 16.5. The molecule has 2 rings (SSSR count). The number of nitrogens with zero attached hydrogens (tertiary/aromatic N) is 1. The number of aromatic nitrogens is 1. The highest BCUT2D eigenvalue weighted by Crippen LogP contribution is 2.15. The molecule has 0 saturated carbocycles. The van der Waals surface area contributed by atoms with Gasteiger partial charge in [-0.2, -0.15) is 0 Å². The van der Waals surface area contributed by atoms with Crippen LogP contribution in [0.5, 0.6) is 5.88 Å². The van der Waals surface area contributed by atoms with Crippen LogP contribution in [0.3, 0.4) is 0 Å². The number of nitrogens with one attached hydrogen (secondary N) is 1. The molecule has 1 saturated heterocycles. The second-order valence-corrected chi connectivity index (χ2v) is 4.10. The summed E-state index contributed by atoms with van der Waals surface area (Å²) in [5.74, 6) is 0.512. The molecule has 1 fully saturated rings. The lowest BCUT2D eigenvalue weighted by Gasteiger charge is -2.22. The minimum absolute atomic E-state index is 0.0196. The van der Waals surface area contributed by atoms with Gasteiger partial charge in [0.25, 0.3) is 0 Å². The van der Waals surface area contributed by atoms with Crippen molar-refractivity contribution in [1.29, 1.82) is 5.41 Å². The van der Waals surface area contributed by atoms with Crippen molar-refractivity contribution in [2.75, 3.05) is 13.2 Å². The first kappa shape index (κ1) is 11.9. The second kappa shape index (κ2) is 5.63. The van der Waals surface area contributed by atoms with Crippen LogP contribution < -0.4 is 10.5 Å². The molecule has 1 aromatic heterocycles. The molecule has 1 aliphatic rings. The summed E-state index contributed by atoms with van der Waals surface area (Å²) in [6.45, 7) is 1.32. The zero-order chi connectivity index (χ0) is 12.1. The fourth-order valence-electron chi connectivity index (χ4n) is 1.77. The molecule has 1 atom stereocenters. The Morgan fingerprint density at radius 2 is 2.47 bits per heavy atom. The van der Waals surface area contributed by atoms with Crippen LogP contribution in [0.15, 0.2) is 18.3 Å². The first-order valence-electron chi connectivity index (χ1n) is 5.80. The minimum atomic E-state index is 0.0196. The van der Waals surface area contributed by atoms with E-state index in [0.717, 1.165) is 19.4 Å². The predicted octanol–water partition coefficient (Wildman–Crippen LogP) is 1.31. The Morgan fingerprint density at radius 3 is 3.18 bits per heavy atom. The van der Waals surface area contributed by atoms with Gasteiger partial charge in [-0.25, -0.2) is 4.98 Å². The van der Waals surface area contributed by atoms with Gasteiger partial charge in [-0.15, -0.1) is 0 Å². The van der Waals surface area contributed by atoms with E-state index in [9.17, 15) is 0 Å². The van der Waals surface area contributed by atoms with E-state index in [2.05, 4.69) is 4.98 Å². The Kier molecular flexibility index (Phi) is 3.93. The van der Waals surface area contributed by atoms with Gasteiger partial charge >= 0.3 is 0 Å². The van der Waals surface area contributed by atoms with Gasteiger partial charge in [0.05, 0.1) is 6.10 Å². The Balaban J connectivity index is 1.89. The largest absolute Gasteiger partial charge is 0.475 e. The number of amidine groups is 1. The highest BCUT2D eigenvalue weighted by molar-refractivity contribution is 5.95. The number of hydrogen-bond donors (Lipinski definition) is 2. The lowest BCUT2D eigenvalue weighted by molar-refractivity contribution is -0.0119. The first-order valence-corrected chi connectivity index (χ1v) is 5.80. The molecule has 0 amide bonds. The van der Waals surface area contributed by atoms with Gasteiger partial charge in [0.15, 0.2) is 0 Å². The third kappa shape index (κ3) is 3.42. The molecule has 92 valence electrons. The number of hydrogen-bond acceptors (Lipinski definition) is 4. The maximum absolute atomic E-state index is 7.33. The normalized spacial score (nSPS) is 19.9. The maximum atomic E-state index is 7.33. The molecule has 0 radical (unpaired) electrons. The van der Waals surface area contributed by atoms with Crippen molar-refractivity contribution >= 4 is 5.84 Å². The van der Waals surface area contributed by atoms with E-state index in [1.165, 1.54) is 6.42 Å². The summed E-state index contributed by atoms with van der Waals surface area (Å²) in [6.07, 6.45) is 5.11. The highest BCUT2D eigenvalue weighted by Gasteiger charge is 2.14. The van der Waals surface area contributed by atoms with E-state index in [1.807, 2.05) is 0 Å². The zero-order valence-corrected chi connectivity index (χ0v) is 9.69. The minimum Gasteiger partial charge on any atom is -0.475 e. The SMILES string of the molecule is N=C(N)c1ccnc(OCC2CCCCO2)c1. The molecular formula is C12H17N3O2. The van der Waals surface area contributed by atoms with E-state index in [-0.39, 0.29) is 11.9 Å². The van der Waals surface area contributed by atoms with Crippen molar-refractivity contribution in [2.45, 2.75) is 25.4 Å². The van der Waals surface area contributed by atoms with Gasteiger partial charge in [-0.05, 0) is 25.3 Å². The molecule has 1 unspecified atom stereocenters. The lowest BCUT2D eigenvalue weighted by atomic mass is 10.1. The molecule has 1 aromatic rings. The lowest BCUT2D eigenvalue weighted by Crippen LogP contribution is -2.26. The van der Waals surface area contributed by atoms with Crippen LogP contribution >= 0.6 is 0 Å². The van der Waals surface area contributed by atoms with Gasteiger partial charge in [-0.3, -0.25) is 5.41 Å². The number of pyridine rings is 1. The first-order chi connectivity index (χ1) is 8.25. The van der Waals surface area contributed by atoms with E-state index in [0.29, 0.717) is 18.1 Å². The Morgan fingerprint density at radius 1 is 1.59 bits per heavy atom. The molecule has 2 heterocycles. The van der Waals surface area contributed by atoms with Crippen LogP contribution in [0.25, 0.3) is 0 Å². The Hall–Kier alpha value is -1.62. The van der Waals surface area contributed by atoms with E-state index in [1.54, 1.807) is 18.3 Å². The molecule has 5 heteroatoms. The summed E-state index contributed by atoms with van der Waals surface area (Å²) >= 11 is 0. The van der Waals surface area contributed by atoms with Crippen molar-refractivity contribution in [3.05, 3.63) is 23.9 Å². The van der Waals surface area contributed by atoms with Crippen LogP contribution in [0.1, 0.15) is 24.8 Å². The van der Waals surface area contributed by atoms with Crippen molar-refractivity contribution in [2.24, 2.45) is 5.73 Å². The third-order valence-electron chi connectivity index (χ3n) is 2.74. The summed E-state index contributed by atoms with van der Waals surface area (Å²) in [5.41, 5.74) is 6.02. The molecule has 0 aliphatic carbocycles.